The van der Waals surface area contributed by atoms with Crippen molar-refractivity contribution in [3.05, 3.63) is 52.6 Å². The number of nitrogens with zero attached hydrogens (tertiary/aromatic N) is 4. The zero-order valence-corrected chi connectivity index (χ0v) is 15.6. The maximum Gasteiger partial charge on any atom is 0.317 e. The van der Waals surface area contributed by atoms with Crippen molar-refractivity contribution in [2.75, 3.05) is 20.6 Å². The summed E-state index contributed by atoms with van der Waals surface area (Å²) < 4.78 is 15.5. The third-order valence-corrected chi connectivity index (χ3v) is 4.60. The second-order valence-corrected chi connectivity index (χ2v) is 7.05. The molecule has 1 aromatic heterocycles. The molecule has 0 spiro atoms. The van der Waals surface area contributed by atoms with E-state index in [0.29, 0.717) is 12.1 Å². The summed E-state index contributed by atoms with van der Waals surface area (Å²) in [7, 11) is 3.43. The zero-order chi connectivity index (χ0) is 18.7. The van der Waals surface area contributed by atoms with Crippen molar-refractivity contribution in [3.8, 4) is 0 Å². The van der Waals surface area contributed by atoms with Crippen LogP contribution in [0.1, 0.15) is 28.9 Å². The molecule has 2 heterocycles. The minimum absolute atomic E-state index is 0.124. The van der Waals surface area contributed by atoms with Crippen LogP contribution in [0.5, 0.6) is 0 Å². The SMILES string of the molecule is Cc1cc(CN2CCCn3nc(CNC(=O)N(C)C)cc3C2)ccc1F. The van der Waals surface area contributed by atoms with Crippen LogP contribution in [0.2, 0.25) is 0 Å². The molecule has 0 fully saturated rings. The monoisotopic (exact) mass is 359 g/mol. The van der Waals surface area contributed by atoms with Crippen LogP contribution in [0, 0.1) is 12.7 Å². The Hall–Kier alpha value is -2.41. The van der Waals surface area contributed by atoms with Crippen LogP contribution >= 0.6 is 0 Å². The molecule has 26 heavy (non-hydrogen) atoms. The Bertz CT molecular complexity index is 786. The van der Waals surface area contributed by atoms with Crippen molar-refractivity contribution >= 4 is 6.03 Å². The molecule has 6 nitrogen and oxygen atoms in total. The van der Waals surface area contributed by atoms with E-state index in [9.17, 15) is 9.18 Å². The second kappa shape index (κ2) is 7.86. The van der Waals surface area contributed by atoms with Gasteiger partial charge < -0.3 is 10.2 Å². The Balaban J connectivity index is 1.65. The van der Waals surface area contributed by atoms with Crippen molar-refractivity contribution in [2.24, 2.45) is 0 Å². The van der Waals surface area contributed by atoms with Crippen molar-refractivity contribution in [1.82, 2.24) is 24.9 Å². The van der Waals surface area contributed by atoms with E-state index in [1.807, 2.05) is 16.8 Å². The standard InChI is InChI=1S/C19H26FN5O/c1-14-9-15(5-6-18(14)20)12-24-7-4-8-25-17(13-24)10-16(22-25)11-21-19(26)23(2)3/h5-6,9-10H,4,7-8,11-13H2,1-3H3,(H,21,26). The van der Waals surface area contributed by atoms with E-state index >= 15 is 0 Å². The molecule has 0 radical (unpaired) electrons. The largest absolute Gasteiger partial charge is 0.332 e. The van der Waals surface area contributed by atoms with Crippen molar-refractivity contribution in [3.63, 3.8) is 0 Å². The average Bonchev–Trinajstić information content (AvgIpc) is 2.88. The van der Waals surface area contributed by atoms with Gasteiger partial charge in [0, 0.05) is 40.3 Å². The van der Waals surface area contributed by atoms with Gasteiger partial charge in [0.25, 0.3) is 0 Å². The summed E-state index contributed by atoms with van der Waals surface area (Å²) in [6, 6.07) is 7.25. The molecule has 140 valence electrons. The lowest BCUT2D eigenvalue weighted by atomic mass is 10.1. The number of hydrogen-bond acceptors (Lipinski definition) is 3. The molecule has 0 saturated heterocycles. The molecule has 7 heteroatoms. The predicted octanol–water partition coefficient (Wildman–Crippen LogP) is 2.51. The molecular formula is C19H26FN5O. The van der Waals surface area contributed by atoms with Crippen LogP contribution in [-0.4, -0.2) is 46.3 Å². The zero-order valence-electron chi connectivity index (χ0n) is 15.6. The molecule has 3 rings (SSSR count). The van der Waals surface area contributed by atoms with Gasteiger partial charge in [0.05, 0.1) is 17.9 Å². The lowest BCUT2D eigenvalue weighted by molar-refractivity contribution is 0.217. The normalized spacial score (nSPS) is 14.6. The summed E-state index contributed by atoms with van der Waals surface area (Å²) in [5.41, 5.74) is 3.82. The van der Waals surface area contributed by atoms with Gasteiger partial charge in [-0.15, -0.1) is 0 Å². The number of aryl methyl sites for hydroxylation is 2. The first-order valence-electron chi connectivity index (χ1n) is 8.90. The Morgan fingerprint density at radius 2 is 2.12 bits per heavy atom. The Morgan fingerprint density at radius 1 is 1.31 bits per heavy atom. The van der Waals surface area contributed by atoms with Crippen molar-refractivity contribution in [2.45, 2.75) is 39.5 Å². The van der Waals surface area contributed by atoms with E-state index in [1.54, 1.807) is 21.0 Å². The number of aromatic nitrogens is 2. The van der Waals surface area contributed by atoms with E-state index in [4.69, 9.17) is 0 Å². The van der Waals surface area contributed by atoms with Crippen LogP contribution < -0.4 is 5.32 Å². The fraction of sp³-hybridized carbons (Fsp3) is 0.474. The number of nitrogens with one attached hydrogen (secondary N) is 1. The molecule has 1 aliphatic rings. The van der Waals surface area contributed by atoms with E-state index < -0.39 is 0 Å². The highest BCUT2D eigenvalue weighted by Gasteiger charge is 2.17. The number of carbonyl (C=O) groups is 1. The minimum Gasteiger partial charge on any atom is -0.332 e. The molecular weight excluding hydrogens is 333 g/mol. The number of rotatable bonds is 4. The highest BCUT2D eigenvalue weighted by atomic mass is 19.1. The minimum atomic E-state index is -0.160. The molecule has 0 saturated carbocycles. The smallest absolute Gasteiger partial charge is 0.317 e. The molecule has 0 aliphatic carbocycles. The molecule has 1 N–H and O–H groups in total. The Labute approximate surface area is 153 Å². The van der Waals surface area contributed by atoms with E-state index in [0.717, 1.165) is 49.6 Å². The number of carbonyl (C=O) groups excluding carboxylic acids is 1. The van der Waals surface area contributed by atoms with E-state index in [-0.39, 0.29) is 11.8 Å². The van der Waals surface area contributed by atoms with Gasteiger partial charge in [0.15, 0.2) is 0 Å². The van der Waals surface area contributed by atoms with Gasteiger partial charge >= 0.3 is 6.03 Å². The lowest BCUT2D eigenvalue weighted by Crippen LogP contribution is -2.34. The topological polar surface area (TPSA) is 53.4 Å². The number of amides is 2. The summed E-state index contributed by atoms with van der Waals surface area (Å²) in [5.74, 6) is -0.160. The molecule has 2 amide bonds. The quantitative estimate of drug-likeness (QED) is 0.913. The number of fused-ring (bicyclic) bond motifs is 1. The van der Waals surface area contributed by atoms with Crippen LogP contribution in [0.4, 0.5) is 9.18 Å². The Morgan fingerprint density at radius 3 is 2.85 bits per heavy atom. The molecule has 1 aromatic carbocycles. The van der Waals surface area contributed by atoms with Gasteiger partial charge in [-0.05, 0) is 36.6 Å². The Kier molecular flexibility index (Phi) is 5.56. The fourth-order valence-corrected chi connectivity index (χ4v) is 3.20. The number of hydrogen-bond donors (Lipinski definition) is 1. The van der Waals surface area contributed by atoms with Gasteiger partial charge in [0.1, 0.15) is 5.82 Å². The van der Waals surface area contributed by atoms with Crippen LogP contribution in [0.3, 0.4) is 0 Å². The molecule has 1 aliphatic heterocycles. The first-order valence-corrected chi connectivity index (χ1v) is 8.90. The van der Waals surface area contributed by atoms with Gasteiger partial charge in [-0.3, -0.25) is 9.58 Å². The fourth-order valence-electron chi connectivity index (χ4n) is 3.20. The summed E-state index contributed by atoms with van der Waals surface area (Å²) in [5, 5.41) is 7.46. The highest BCUT2D eigenvalue weighted by molar-refractivity contribution is 5.73. The van der Waals surface area contributed by atoms with Gasteiger partial charge in [-0.2, -0.15) is 5.10 Å². The number of urea groups is 1. The number of halogens is 1. The van der Waals surface area contributed by atoms with E-state index in [1.165, 1.54) is 11.0 Å². The number of benzene rings is 1. The van der Waals surface area contributed by atoms with Gasteiger partial charge in [-0.1, -0.05) is 12.1 Å². The maximum absolute atomic E-state index is 13.5. The van der Waals surface area contributed by atoms with Gasteiger partial charge in [-0.25, -0.2) is 9.18 Å². The van der Waals surface area contributed by atoms with Crippen molar-refractivity contribution in [1.29, 1.82) is 0 Å². The second-order valence-electron chi connectivity index (χ2n) is 7.05. The lowest BCUT2D eigenvalue weighted by Gasteiger charge is -2.19. The molecule has 0 unspecified atom stereocenters. The van der Waals surface area contributed by atoms with Crippen LogP contribution in [-0.2, 0) is 26.2 Å². The third-order valence-electron chi connectivity index (χ3n) is 4.60. The first kappa shape index (κ1) is 18.4. The third kappa shape index (κ3) is 4.40. The summed E-state index contributed by atoms with van der Waals surface area (Å²) in [6.45, 7) is 5.66. The average molecular weight is 359 g/mol. The van der Waals surface area contributed by atoms with Gasteiger partial charge in [0.2, 0.25) is 0 Å². The van der Waals surface area contributed by atoms with Crippen molar-refractivity contribution < 1.29 is 9.18 Å². The predicted molar refractivity (Wildman–Crippen MR) is 98.0 cm³/mol. The molecule has 0 bridgehead atoms. The molecule has 0 atom stereocenters. The molecule has 2 aromatic rings. The summed E-state index contributed by atoms with van der Waals surface area (Å²) in [4.78, 5) is 15.5. The summed E-state index contributed by atoms with van der Waals surface area (Å²) in [6.07, 6.45) is 1.01. The highest BCUT2D eigenvalue weighted by Crippen LogP contribution is 2.18. The summed E-state index contributed by atoms with van der Waals surface area (Å²) >= 11 is 0. The van der Waals surface area contributed by atoms with E-state index in [2.05, 4.69) is 21.4 Å². The maximum atomic E-state index is 13.5. The van der Waals surface area contributed by atoms with Crippen LogP contribution in [0.25, 0.3) is 0 Å². The van der Waals surface area contributed by atoms with Crippen LogP contribution in [0.15, 0.2) is 24.3 Å². The first-order chi connectivity index (χ1) is 12.4.